The molecule has 3 saturated heterocycles. The molecule has 3 aliphatic rings. The Balaban J connectivity index is 1.52. The minimum Gasteiger partial charge on any atom is -0.381 e. The number of rotatable bonds is 5. The predicted octanol–water partition coefficient (Wildman–Crippen LogP) is 4.24. The van der Waals surface area contributed by atoms with Crippen LogP contribution >= 0.6 is 0 Å². The van der Waals surface area contributed by atoms with Gasteiger partial charge >= 0.3 is 0 Å². The lowest BCUT2D eigenvalue weighted by molar-refractivity contribution is -0.146. The summed E-state index contributed by atoms with van der Waals surface area (Å²) >= 11 is 0. The number of likely N-dealkylation sites (tertiary alicyclic amines) is 2. The standard InChI is InChI=1S/C25H38N2O2/c1-20(2)27-14-6-9-23(19-27)22-8-5-7-21(17-22)18-25(10-15-29-16-11-25)24(28)26-12-3-4-13-26/h5,7-8,17,20,23H,3-4,6,9-16,18-19H2,1-2H3/t23-/m0/s1. The first-order chi connectivity index (χ1) is 14.1. The molecule has 3 fully saturated rings. The fourth-order valence-corrected chi connectivity index (χ4v) is 5.58. The highest BCUT2D eigenvalue weighted by atomic mass is 16.5. The molecule has 0 aromatic heterocycles. The second-order valence-corrected chi connectivity index (χ2v) is 9.74. The number of ether oxygens (including phenoxy) is 1. The summed E-state index contributed by atoms with van der Waals surface area (Å²) in [4.78, 5) is 18.2. The molecule has 160 valence electrons. The fourth-order valence-electron chi connectivity index (χ4n) is 5.58. The molecule has 0 radical (unpaired) electrons. The van der Waals surface area contributed by atoms with E-state index in [0.29, 0.717) is 31.1 Å². The van der Waals surface area contributed by atoms with E-state index in [1.54, 1.807) is 0 Å². The van der Waals surface area contributed by atoms with Gasteiger partial charge in [0.15, 0.2) is 0 Å². The molecule has 0 bridgehead atoms. The van der Waals surface area contributed by atoms with Crippen LogP contribution in [0.1, 0.15) is 69.4 Å². The summed E-state index contributed by atoms with van der Waals surface area (Å²) < 4.78 is 5.65. The van der Waals surface area contributed by atoms with Gasteiger partial charge in [0.1, 0.15) is 0 Å². The molecule has 1 atom stereocenters. The Morgan fingerprint density at radius 1 is 1.14 bits per heavy atom. The quantitative estimate of drug-likeness (QED) is 0.744. The van der Waals surface area contributed by atoms with Crippen LogP contribution < -0.4 is 0 Å². The Kier molecular flexibility index (Phi) is 6.60. The minimum atomic E-state index is -0.266. The highest BCUT2D eigenvalue weighted by Gasteiger charge is 2.43. The maximum Gasteiger partial charge on any atom is 0.229 e. The Labute approximate surface area is 176 Å². The van der Waals surface area contributed by atoms with Crippen LogP contribution in [0.25, 0.3) is 0 Å². The van der Waals surface area contributed by atoms with Crippen molar-refractivity contribution in [3.8, 4) is 0 Å². The summed E-state index contributed by atoms with van der Waals surface area (Å²) in [6, 6.07) is 9.78. The molecule has 1 amide bonds. The predicted molar refractivity (Wildman–Crippen MR) is 117 cm³/mol. The van der Waals surface area contributed by atoms with Crippen LogP contribution in [0, 0.1) is 5.41 Å². The first-order valence-corrected chi connectivity index (χ1v) is 11.8. The SMILES string of the molecule is CC(C)N1CCC[C@H](c2cccc(CC3(C(=O)N4CCCC4)CCOCC3)c2)C1. The zero-order chi connectivity index (χ0) is 20.3. The summed E-state index contributed by atoms with van der Waals surface area (Å²) in [6.07, 6.45) is 7.44. The molecule has 0 N–H and O–H groups in total. The maximum absolute atomic E-state index is 13.5. The van der Waals surface area contributed by atoms with E-state index in [0.717, 1.165) is 51.7 Å². The Hall–Kier alpha value is -1.39. The second kappa shape index (κ2) is 9.18. The Morgan fingerprint density at radius 3 is 2.62 bits per heavy atom. The number of hydrogen-bond acceptors (Lipinski definition) is 3. The fraction of sp³-hybridized carbons (Fsp3) is 0.720. The van der Waals surface area contributed by atoms with Gasteiger partial charge in [-0.15, -0.1) is 0 Å². The monoisotopic (exact) mass is 398 g/mol. The van der Waals surface area contributed by atoms with E-state index in [1.165, 1.54) is 30.5 Å². The van der Waals surface area contributed by atoms with E-state index in [9.17, 15) is 4.79 Å². The molecule has 0 saturated carbocycles. The average Bonchev–Trinajstić information content (AvgIpc) is 3.29. The molecule has 3 aliphatic heterocycles. The van der Waals surface area contributed by atoms with Crippen molar-refractivity contribution < 1.29 is 9.53 Å². The van der Waals surface area contributed by atoms with Gasteiger partial charge in [0.25, 0.3) is 0 Å². The van der Waals surface area contributed by atoms with Crippen molar-refractivity contribution in [2.24, 2.45) is 5.41 Å². The van der Waals surface area contributed by atoms with Crippen molar-refractivity contribution >= 4 is 5.91 Å². The van der Waals surface area contributed by atoms with Gasteiger partial charge in [-0.2, -0.15) is 0 Å². The lowest BCUT2D eigenvalue weighted by Gasteiger charge is -2.39. The Morgan fingerprint density at radius 2 is 1.90 bits per heavy atom. The molecule has 0 spiro atoms. The van der Waals surface area contributed by atoms with Gasteiger partial charge in [-0.3, -0.25) is 4.79 Å². The summed E-state index contributed by atoms with van der Waals surface area (Å²) in [6.45, 7) is 10.3. The molecule has 4 rings (SSSR count). The van der Waals surface area contributed by atoms with Crippen LogP contribution in [0.4, 0.5) is 0 Å². The third-order valence-corrected chi connectivity index (χ3v) is 7.44. The van der Waals surface area contributed by atoms with E-state index in [-0.39, 0.29) is 5.41 Å². The van der Waals surface area contributed by atoms with E-state index in [4.69, 9.17) is 4.74 Å². The van der Waals surface area contributed by atoms with Gasteiger partial charge in [-0.1, -0.05) is 24.3 Å². The van der Waals surface area contributed by atoms with E-state index < -0.39 is 0 Å². The summed E-state index contributed by atoms with van der Waals surface area (Å²) in [5.74, 6) is 0.998. The maximum atomic E-state index is 13.5. The number of carbonyl (C=O) groups excluding carboxylic acids is 1. The first-order valence-electron chi connectivity index (χ1n) is 11.8. The lowest BCUT2D eigenvalue weighted by Crippen LogP contribution is -2.47. The molecule has 4 heteroatoms. The molecular formula is C25H38N2O2. The van der Waals surface area contributed by atoms with Crippen molar-refractivity contribution in [2.75, 3.05) is 39.4 Å². The molecule has 0 unspecified atom stereocenters. The zero-order valence-corrected chi connectivity index (χ0v) is 18.4. The van der Waals surface area contributed by atoms with Crippen molar-refractivity contribution in [2.45, 2.75) is 70.8 Å². The molecule has 0 aliphatic carbocycles. The zero-order valence-electron chi connectivity index (χ0n) is 18.4. The normalized spacial score (nSPS) is 25.5. The summed E-state index contributed by atoms with van der Waals surface area (Å²) in [5, 5.41) is 0. The van der Waals surface area contributed by atoms with Crippen LogP contribution in [0.3, 0.4) is 0 Å². The lowest BCUT2D eigenvalue weighted by atomic mass is 9.73. The largest absolute Gasteiger partial charge is 0.381 e. The number of amides is 1. The Bertz CT molecular complexity index is 690. The van der Waals surface area contributed by atoms with Gasteiger partial charge in [-0.05, 0) is 82.4 Å². The average molecular weight is 399 g/mol. The van der Waals surface area contributed by atoms with Gasteiger partial charge in [-0.25, -0.2) is 0 Å². The molecule has 4 nitrogen and oxygen atoms in total. The van der Waals surface area contributed by atoms with Crippen molar-refractivity contribution in [3.63, 3.8) is 0 Å². The highest BCUT2D eigenvalue weighted by Crippen LogP contribution is 2.38. The van der Waals surface area contributed by atoms with Crippen molar-refractivity contribution in [1.82, 2.24) is 9.80 Å². The van der Waals surface area contributed by atoms with E-state index in [1.807, 2.05) is 0 Å². The van der Waals surface area contributed by atoms with Crippen molar-refractivity contribution in [1.29, 1.82) is 0 Å². The number of nitrogens with zero attached hydrogens (tertiary/aromatic N) is 2. The first kappa shape index (κ1) is 20.9. The van der Waals surface area contributed by atoms with Gasteiger partial charge in [0, 0.05) is 38.9 Å². The third-order valence-electron chi connectivity index (χ3n) is 7.44. The molecule has 1 aromatic carbocycles. The number of carbonyl (C=O) groups is 1. The van der Waals surface area contributed by atoms with E-state index >= 15 is 0 Å². The molecule has 1 aromatic rings. The highest BCUT2D eigenvalue weighted by molar-refractivity contribution is 5.83. The summed E-state index contributed by atoms with van der Waals surface area (Å²) in [7, 11) is 0. The second-order valence-electron chi connectivity index (χ2n) is 9.74. The van der Waals surface area contributed by atoms with Crippen LogP contribution in [-0.2, 0) is 16.0 Å². The molecule has 29 heavy (non-hydrogen) atoms. The smallest absolute Gasteiger partial charge is 0.229 e. The van der Waals surface area contributed by atoms with Crippen LogP contribution in [0.15, 0.2) is 24.3 Å². The van der Waals surface area contributed by atoms with Crippen molar-refractivity contribution in [3.05, 3.63) is 35.4 Å². The van der Waals surface area contributed by atoms with Gasteiger partial charge < -0.3 is 14.5 Å². The number of hydrogen-bond donors (Lipinski definition) is 0. The summed E-state index contributed by atoms with van der Waals surface area (Å²) in [5.41, 5.74) is 2.53. The van der Waals surface area contributed by atoms with Gasteiger partial charge in [0.2, 0.25) is 5.91 Å². The molecular weight excluding hydrogens is 360 g/mol. The number of piperidine rings is 1. The third kappa shape index (κ3) is 4.69. The van der Waals surface area contributed by atoms with E-state index in [2.05, 4.69) is 47.9 Å². The topological polar surface area (TPSA) is 32.8 Å². The minimum absolute atomic E-state index is 0.266. The van der Waals surface area contributed by atoms with Crippen LogP contribution in [-0.4, -0.2) is 61.1 Å². The van der Waals surface area contributed by atoms with Gasteiger partial charge in [0.05, 0.1) is 5.41 Å². The van der Waals surface area contributed by atoms with Crippen LogP contribution in [0.2, 0.25) is 0 Å². The molecule has 3 heterocycles. The van der Waals surface area contributed by atoms with Crippen LogP contribution in [0.5, 0.6) is 0 Å². The number of benzene rings is 1.